The first kappa shape index (κ1) is 12.8. The van der Waals surface area contributed by atoms with Crippen molar-refractivity contribution < 1.29 is 13.2 Å². The minimum absolute atomic E-state index is 0.0314. The smallest absolute Gasteiger partial charge is 0.390 e. The van der Waals surface area contributed by atoms with E-state index in [0.717, 1.165) is 6.33 Å². The number of aromatic nitrogens is 2. The SMILES string of the molecule is CN(CCC(F)(F)F)c1ncnc(Cl)c1N. The highest BCUT2D eigenvalue weighted by molar-refractivity contribution is 6.32. The number of alkyl halides is 3. The summed E-state index contributed by atoms with van der Waals surface area (Å²) in [6, 6.07) is 0. The molecule has 1 rings (SSSR count). The van der Waals surface area contributed by atoms with Crippen LogP contribution >= 0.6 is 11.6 Å². The van der Waals surface area contributed by atoms with Crippen LogP contribution in [-0.2, 0) is 0 Å². The van der Waals surface area contributed by atoms with Crippen LogP contribution in [0, 0.1) is 0 Å². The van der Waals surface area contributed by atoms with Crippen LogP contribution in [-0.4, -0.2) is 29.7 Å². The molecular weight excluding hydrogens is 245 g/mol. The fourth-order valence-corrected chi connectivity index (χ4v) is 1.20. The molecule has 16 heavy (non-hydrogen) atoms. The third kappa shape index (κ3) is 3.41. The first-order chi connectivity index (χ1) is 7.31. The third-order valence-corrected chi connectivity index (χ3v) is 2.21. The van der Waals surface area contributed by atoms with Gasteiger partial charge in [-0.15, -0.1) is 0 Å². The minimum atomic E-state index is -4.21. The molecule has 8 heteroatoms. The Hall–Kier alpha value is -1.24. The number of hydrogen-bond donors (Lipinski definition) is 1. The molecule has 0 fully saturated rings. The molecule has 0 aliphatic rings. The second kappa shape index (κ2) is 4.73. The van der Waals surface area contributed by atoms with Crippen LogP contribution in [0.4, 0.5) is 24.7 Å². The lowest BCUT2D eigenvalue weighted by Gasteiger charge is -2.20. The van der Waals surface area contributed by atoms with Gasteiger partial charge >= 0.3 is 6.18 Å². The van der Waals surface area contributed by atoms with Gasteiger partial charge in [0.05, 0.1) is 6.42 Å². The standard InChI is InChI=1S/C8H10ClF3N4/c1-16(3-2-8(10,11)12)7-5(13)6(9)14-4-15-7/h4H,2-3,13H2,1H3. The second-order valence-corrected chi connectivity index (χ2v) is 3.55. The summed E-state index contributed by atoms with van der Waals surface area (Å²) in [6.07, 6.45) is -4.00. The van der Waals surface area contributed by atoms with Crippen LogP contribution in [0.25, 0.3) is 0 Å². The molecule has 1 heterocycles. The van der Waals surface area contributed by atoms with Crippen LogP contribution in [0.3, 0.4) is 0 Å². The Bertz CT molecular complexity index is 369. The van der Waals surface area contributed by atoms with Gasteiger partial charge in [-0.25, -0.2) is 9.97 Å². The van der Waals surface area contributed by atoms with E-state index in [0.29, 0.717) is 0 Å². The summed E-state index contributed by atoms with van der Waals surface area (Å²) in [5, 5.41) is 0.0314. The van der Waals surface area contributed by atoms with Crippen LogP contribution in [0.15, 0.2) is 6.33 Å². The molecule has 0 aliphatic heterocycles. The van der Waals surface area contributed by atoms with Crippen molar-refractivity contribution in [3.63, 3.8) is 0 Å². The Kier molecular flexibility index (Phi) is 3.79. The van der Waals surface area contributed by atoms with Gasteiger partial charge in [0.1, 0.15) is 12.0 Å². The summed E-state index contributed by atoms with van der Waals surface area (Å²) in [4.78, 5) is 8.68. The number of halogens is 4. The summed E-state index contributed by atoms with van der Waals surface area (Å²) in [5.41, 5.74) is 5.62. The van der Waals surface area contributed by atoms with E-state index in [2.05, 4.69) is 9.97 Å². The van der Waals surface area contributed by atoms with Crippen molar-refractivity contribution >= 4 is 23.1 Å². The van der Waals surface area contributed by atoms with Gasteiger partial charge in [-0.05, 0) is 0 Å². The van der Waals surface area contributed by atoms with Gasteiger partial charge in [-0.1, -0.05) is 11.6 Å². The Morgan fingerprint density at radius 1 is 1.44 bits per heavy atom. The lowest BCUT2D eigenvalue weighted by atomic mass is 10.3. The molecular formula is C8H10ClF3N4. The van der Waals surface area contributed by atoms with E-state index in [1.807, 2.05) is 0 Å². The second-order valence-electron chi connectivity index (χ2n) is 3.19. The predicted molar refractivity (Wildman–Crippen MR) is 55.4 cm³/mol. The van der Waals surface area contributed by atoms with Gasteiger partial charge in [0, 0.05) is 13.6 Å². The van der Waals surface area contributed by atoms with Crippen LogP contribution < -0.4 is 10.6 Å². The Balaban J connectivity index is 2.73. The van der Waals surface area contributed by atoms with Crippen molar-refractivity contribution in [2.45, 2.75) is 12.6 Å². The zero-order chi connectivity index (χ0) is 12.3. The number of rotatable bonds is 3. The molecule has 0 radical (unpaired) electrons. The van der Waals surface area contributed by atoms with E-state index >= 15 is 0 Å². The topological polar surface area (TPSA) is 55.0 Å². The van der Waals surface area contributed by atoms with Gasteiger partial charge in [0.25, 0.3) is 0 Å². The molecule has 0 spiro atoms. The summed E-state index contributed by atoms with van der Waals surface area (Å²) >= 11 is 5.62. The summed E-state index contributed by atoms with van der Waals surface area (Å²) in [7, 11) is 1.46. The molecule has 0 atom stereocenters. The van der Waals surface area contributed by atoms with E-state index in [9.17, 15) is 13.2 Å². The number of hydrogen-bond acceptors (Lipinski definition) is 4. The summed E-state index contributed by atoms with van der Waals surface area (Å²) in [6.45, 7) is -0.235. The predicted octanol–water partition coefficient (Wildman–Crippen LogP) is 2.10. The van der Waals surface area contributed by atoms with Crippen molar-refractivity contribution in [3.05, 3.63) is 11.5 Å². The van der Waals surface area contributed by atoms with Gasteiger partial charge in [-0.3, -0.25) is 0 Å². The lowest BCUT2D eigenvalue weighted by Crippen LogP contribution is -2.25. The van der Waals surface area contributed by atoms with Crippen LogP contribution in [0.2, 0.25) is 5.15 Å². The molecule has 0 saturated carbocycles. The van der Waals surface area contributed by atoms with E-state index in [-0.39, 0.29) is 23.2 Å². The highest BCUT2D eigenvalue weighted by atomic mass is 35.5. The maximum atomic E-state index is 12.0. The Labute approximate surface area is 95.2 Å². The first-order valence-corrected chi connectivity index (χ1v) is 4.73. The number of nitrogens with two attached hydrogens (primary N) is 1. The van der Waals surface area contributed by atoms with E-state index in [4.69, 9.17) is 17.3 Å². The van der Waals surface area contributed by atoms with Gasteiger partial charge in [-0.2, -0.15) is 13.2 Å². The summed E-state index contributed by atoms with van der Waals surface area (Å²) in [5.74, 6) is 0.198. The van der Waals surface area contributed by atoms with E-state index in [1.54, 1.807) is 0 Å². The van der Waals surface area contributed by atoms with Crippen molar-refractivity contribution in [2.24, 2.45) is 0 Å². The number of anilines is 2. The lowest BCUT2D eigenvalue weighted by molar-refractivity contribution is -0.132. The molecule has 0 aromatic carbocycles. The van der Waals surface area contributed by atoms with Crippen molar-refractivity contribution in [1.29, 1.82) is 0 Å². The molecule has 2 N–H and O–H groups in total. The van der Waals surface area contributed by atoms with Crippen molar-refractivity contribution in [2.75, 3.05) is 24.2 Å². The average Bonchev–Trinajstić information content (AvgIpc) is 2.17. The molecule has 0 saturated heterocycles. The fraction of sp³-hybridized carbons (Fsp3) is 0.500. The van der Waals surface area contributed by atoms with Gasteiger partial charge in [0.15, 0.2) is 11.0 Å². The first-order valence-electron chi connectivity index (χ1n) is 4.35. The molecule has 90 valence electrons. The van der Waals surface area contributed by atoms with Gasteiger partial charge in [0.2, 0.25) is 0 Å². The molecule has 0 bridgehead atoms. The highest BCUT2D eigenvalue weighted by Gasteiger charge is 2.27. The average molecular weight is 255 g/mol. The van der Waals surface area contributed by atoms with Crippen molar-refractivity contribution in [1.82, 2.24) is 9.97 Å². The fourth-order valence-electron chi connectivity index (χ4n) is 1.07. The monoisotopic (exact) mass is 254 g/mol. The maximum Gasteiger partial charge on any atom is 0.390 e. The normalized spacial score (nSPS) is 11.6. The van der Waals surface area contributed by atoms with E-state index < -0.39 is 12.6 Å². The summed E-state index contributed by atoms with van der Waals surface area (Å²) < 4.78 is 36.0. The molecule has 0 aliphatic carbocycles. The number of nitrogens with zero attached hydrogens (tertiary/aromatic N) is 3. The number of nitrogen functional groups attached to an aromatic ring is 1. The molecule has 0 amide bonds. The molecule has 4 nitrogen and oxygen atoms in total. The van der Waals surface area contributed by atoms with Crippen molar-refractivity contribution in [3.8, 4) is 0 Å². The molecule has 0 unspecified atom stereocenters. The Morgan fingerprint density at radius 3 is 2.62 bits per heavy atom. The zero-order valence-electron chi connectivity index (χ0n) is 8.42. The maximum absolute atomic E-state index is 12.0. The van der Waals surface area contributed by atoms with Gasteiger partial charge < -0.3 is 10.6 Å². The molecule has 1 aromatic heterocycles. The molecule has 1 aromatic rings. The largest absolute Gasteiger partial charge is 0.393 e. The highest BCUT2D eigenvalue weighted by Crippen LogP contribution is 2.26. The quantitative estimate of drug-likeness (QED) is 0.840. The van der Waals surface area contributed by atoms with Crippen LogP contribution in [0.5, 0.6) is 0 Å². The Morgan fingerprint density at radius 2 is 2.06 bits per heavy atom. The third-order valence-electron chi connectivity index (χ3n) is 1.91. The zero-order valence-corrected chi connectivity index (χ0v) is 9.18. The van der Waals surface area contributed by atoms with E-state index in [1.165, 1.54) is 11.9 Å². The van der Waals surface area contributed by atoms with Crippen LogP contribution in [0.1, 0.15) is 6.42 Å². The minimum Gasteiger partial charge on any atom is -0.393 e.